The minimum absolute atomic E-state index is 0.0837. The van der Waals surface area contributed by atoms with E-state index in [9.17, 15) is 19.7 Å². The monoisotopic (exact) mass is 352 g/mol. The summed E-state index contributed by atoms with van der Waals surface area (Å²) in [6, 6.07) is 11.5. The molecule has 0 spiro atoms. The second-order valence-electron chi connectivity index (χ2n) is 5.90. The van der Waals surface area contributed by atoms with Gasteiger partial charge in [-0.25, -0.2) is 4.68 Å². The van der Waals surface area contributed by atoms with Gasteiger partial charge in [0.25, 0.3) is 11.2 Å². The lowest BCUT2D eigenvalue weighted by Gasteiger charge is -2.09. The Morgan fingerprint density at radius 2 is 1.88 bits per heavy atom. The number of nitrogens with zero attached hydrogens (tertiary/aromatic N) is 3. The number of nitro groups is 1. The van der Waals surface area contributed by atoms with Gasteiger partial charge in [-0.1, -0.05) is 24.3 Å². The van der Waals surface area contributed by atoms with E-state index in [0.29, 0.717) is 16.6 Å². The quantitative estimate of drug-likeness (QED) is 0.573. The highest BCUT2D eigenvalue weighted by atomic mass is 16.6. The highest BCUT2D eigenvalue weighted by Gasteiger charge is 2.14. The molecular weight excluding hydrogens is 336 g/mol. The Morgan fingerprint density at radius 1 is 1.19 bits per heavy atom. The summed E-state index contributed by atoms with van der Waals surface area (Å²) in [5.41, 5.74) is 0.976. The van der Waals surface area contributed by atoms with Gasteiger partial charge in [0.05, 0.1) is 16.0 Å². The van der Waals surface area contributed by atoms with Crippen LogP contribution in [0.25, 0.3) is 10.8 Å². The number of carbonyl (C=O) groups is 1. The third-order valence-corrected chi connectivity index (χ3v) is 4.04. The molecule has 1 N–H and O–H groups in total. The van der Waals surface area contributed by atoms with Crippen LogP contribution in [0.15, 0.2) is 47.3 Å². The molecule has 0 aliphatic heterocycles. The topological polar surface area (TPSA) is 107 Å². The lowest BCUT2D eigenvalue weighted by Crippen LogP contribution is -2.30. The molecule has 0 radical (unpaired) electrons. The first kappa shape index (κ1) is 17.3. The molecular formula is C18H16N4O4. The number of aryl methyl sites for hydroxylation is 2. The van der Waals surface area contributed by atoms with Gasteiger partial charge in [-0.15, -0.1) is 0 Å². The molecule has 0 saturated heterocycles. The molecule has 0 saturated carbocycles. The third kappa shape index (κ3) is 3.30. The largest absolute Gasteiger partial charge is 0.324 e. The van der Waals surface area contributed by atoms with Crippen molar-refractivity contribution in [2.75, 3.05) is 5.32 Å². The second kappa shape index (κ2) is 6.75. The van der Waals surface area contributed by atoms with Crippen molar-refractivity contribution < 1.29 is 9.72 Å². The summed E-state index contributed by atoms with van der Waals surface area (Å²) in [6.07, 6.45) is 0. The molecule has 8 heteroatoms. The summed E-state index contributed by atoms with van der Waals surface area (Å²) >= 11 is 0. The Balaban J connectivity index is 1.86. The molecule has 0 fully saturated rings. The molecule has 3 aromatic rings. The smallest absolute Gasteiger partial charge is 0.275 e. The number of nitro benzene ring substituents is 1. The maximum Gasteiger partial charge on any atom is 0.275 e. The first-order valence-corrected chi connectivity index (χ1v) is 7.88. The lowest BCUT2D eigenvalue weighted by molar-refractivity contribution is -0.385. The van der Waals surface area contributed by atoms with Crippen LogP contribution < -0.4 is 10.9 Å². The van der Waals surface area contributed by atoms with Gasteiger partial charge in [0.2, 0.25) is 5.91 Å². The van der Waals surface area contributed by atoms with Crippen molar-refractivity contribution in [3.05, 3.63) is 74.2 Å². The zero-order chi connectivity index (χ0) is 18.8. The predicted octanol–water partition coefficient (Wildman–Crippen LogP) is 2.56. The molecule has 0 aliphatic carbocycles. The molecule has 1 aromatic heterocycles. The molecule has 132 valence electrons. The van der Waals surface area contributed by atoms with Crippen LogP contribution in [0, 0.1) is 24.0 Å². The average molecular weight is 352 g/mol. The van der Waals surface area contributed by atoms with E-state index in [1.54, 1.807) is 44.2 Å². The molecule has 0 atom stereocenters. The fourth-order valence-electron chi connectivity index (χ4n) is 2.73. The summed E-state index contributed by atoms with van der Waals surface area (Å²) in [6.45, 7) is 3.09. The van der Waals surface area contributed by atoms with E-state index in [1.165, 1.54) is 6.07 Å². The van der Waals surface area contributed by atoms with Crippen LogP contribution in [0.2, 0.25) is 0 Å². The number of aromatic nitrogens is 2. The first-order valence-electron chi connectivity index (χ1n) is 7.88. The standard InChI is InChI=1S/C18H16N4O4/c1-11-7-8-13(9-16(11)22(25)26)19-17(23)10-21-18(24)15-6-4-3-5-14(15)12(2)20-21/h3-9H,10H2,1-2H3,(H,19,23). The van der Waals surface area contributed by atoms with Gasteiger partial charge in [-0.3, -0.25) is 19.7 Å². The Labute approximate surface area is 148 Å². The van der Waals surface area contributed by atoms with Crippen LogP contribution in [0.1, 0.15) is 11.3 Å². The van der Waals surface area contributed by atoms with Gasteiger partial charge in [0.1, 0.15) is 6.54 Å². The predicted molar refractivity (Wildman–Crippen MR) is 97.2 cm³/mol. The van der Waals surface area contributed by atoms with Crippen LogP contribution in [-0.4, -0.2) is 20.6 Å². The number of carbonyl (C=O) groups excluding carboxylic acids is 1. The first-order chi connectivity index (χ1) is 12.4. The average Bonchev–Trinajstić information content (AvgIpc) is 2.61. The Hall–Kier alpha value is -3.55. The fourth-order valence-corrected chi connectivity index (χ4v) is 2.73. The molecule has 0 bridgehead atoms. The fraction of sp³-hybridized carbons (Fsp3) is 0.167. The maximum absolute atomic E-state index is 12.5. The highest BCUT2D eigenvalue weighted by molar-refractivity contribution is 5.91. The number of rotatable bonds is 4. The minimum Gasteiger partial charge on any atom is -0.324 e. The minimum atomic E-state index is -0.510. The van der Waals surface area contributed by atoms with E-state index >= 15 is 0 Å². The van der Waals surface area contributed by atoms with Gasteiger partial charge in [-0.05, 0) is 26.0 Å². The molecule has 2 aromatic carbocycles. The van der Waals surface area contributed by atoms with Gasteiger partial charge in [0.15, 0.2) is 0 Å². The number of fused-ring (bicyclic) bond motifs is 1. The molecule has 26 heavy (non-hydrogen) atoms. The van der Waals surface area contributed by atoms with Gasteiger partial charge >= 0.3 is 0 Å². The van der Waals surface area contributed by atoms with Crippen LogP contribution in [0.4, 0.5) is 11.4 Å². The lowest BCUT2D eigenvalue weighted by atomic mass is 10.1. The van der Waals surface area contributed by atoms with Crippen molar-refractivity contribution in [1.82, 2.24) is 9.78 Å². The Kier molecular flexibility index (Phi) is 4.49. The van der Waals surface area contributed by atoms with Gasteiger partial charge < -0.3 is 5.32 Å². The third-order valence-electron chi connectivity index (χ3n) is 4.04. The number of hydrogen-bond acceptors (Lipinski definition) is 5. The number of nitrogens with one attached hydrogen (secondary N) is 1. The van der Waals surface area contributed by atoms with Crippen molar-refractivity contribution >= 4 is 28.1 Å². The van der Waals surface area contributed by atoms with Crippen molar-refractivity contribution in [3.63, 3.8) is 0 Å². The van der Waals surface area contributed by atoms with E-state index in [4.69, 9.17) is 0 Å². The summed E-state index contributed by atoms with van der Waals surface area (Å²) in [4.78, 5) is 35.2. The van der Waals surface area contributed by atoms with E-state index < -0.39 is 10.8 Å². The molecule has 0 unspecified atom stereocenters. The highest BCUT2D eigenvalue weighted by Crippen LogP contribution is 2.22. The zero-order valence-corrected chi connectivity index (χ0v) is 14.2. The number of hydrogen-bond donors (Lipinski definition) is 1. The van der Waals surface area contributed by atoms with Crippen LogP contribution in [-0.2, 0) is 11.3 Å². The second-order valence-corrected chi connectivity index (χ2v) is 5.90. The Bertz CT molecular complexity index is 1090. The summed E-state index contributed by atoms with van der Waals surface area (Å²) < 4.78 is 1.09. The van der Waals surface area contributed by atoms with Crippen molar-refractivity contribution in [2.45, 2.75) is 20.4 Å². The molecule has 1 amide bonds. The molecule has 3 rings (SSSR count). The van der Waals surface area contributed by atoms with E-state index in [-0.39, 0.29) is 23.5 Å². The molecule has 8 nitrogen and oxygen atoms in total. The van der Waals surface area contributed by atoms with Crippen molar-refractivity contribution in [1.29, 1.82) is 0 Å². The summed E-state index contributed by atoms with van der Waals surface area (Å²) in [7, 11) is 0. The van der Waals surface area contributed by atoms with E-state index in [0.717, 1.165) is 10.1 Å². The molecule has 1 heterocycles. The zero-order valence-electron chi connectivity index (χ0n) is 14.2. The van der Waals surface area contributed by atoms with E-state index in [2.05, 4.69) is 10.4 Å². The summed E-state index contributed by atoms with van der Waals surface area (Å²) in [5.74, 6) is -0.493. The summed E-state index contributed by atoms with van der Waals surface area (Å²) in [5, 5.41) is 19.0. The van der Waals surface area contributed by atoms with Crippen molar-refractivity contribution in [2.24, 2.45) is 0 Å². The normalized spacial score (nSPS) is 10.7. The molecule has 0 aliphatic rings. The Morgan fingerprint density at radius 3 is 2.58 bits per heavy atom. The van der Waals surface area contributed by atoms with Crippen LogP contribution >= 0.6 is 0 Å². The van der Waals surface area contributed by atoms with E-state index in [1.807, 2.05) is 6.07 Å². The van der Waals surface area contributed by atoms with Gasteiger partial charge in [0, 0.05) is 22.7 Å². The number of benzene rings is 2. The number of amides is 1. The van der Waals surface area contributed by atoms with Gasteiger partial charge in [-0.2, -0.15) is 5.10 Å². The van der Waals surface area contributed by atoms with Crippen molar-refractivity contribution in [3.8, 4) is 0 Å². The van der Waals surface area contributed by atoms with Crippen LogP contribution in [0.3, 0.4) is 0 Å². The number of anilines is 1. The maximum atomic E-state index is 12.5. The van der Waals surface area contributed by atoms with Crippen LogP contribution in [0.5, 0.6) is 0 Å². The SMILES string of the molecule is Cc1ccc(NC(=O)Cn2nc(C)c3ccccc3c2=O)cc1[N+](=O)[O-].